The van der Waals surface area contributed by atoms with Gasteiger partial charge in [-0.15, -0.1) is 0 Å². The van der Waals surface area contributed by atoms with Crippen LogP contribution in [0.15, 0.2) is 43.1 Å². The number of amides is 1. The number of nitrogens with zero attached hydrogens (tertiary/aromatic N) is 7. The van der Waals surface area contributed by atoms with Crippen LogP contribution >= 0.6 is 0 Å². The quantitative estimate of drug-likeness (QED) is 0.518. The van der Waals surface area contributed by atoms with E-state index in [1.54, 1.807) is 40.0 Å². The van der Waals surface area contributed by atoms with Crippen molar-refractivity contribution in [2.75, 3.05) is 13.1 Å². The van der Waals surface area contributed by atoms with Gasteiger partial charge in [-0.1, -0.05) is 6.92 Å². The maximum absolute atomic E-state index is 13.4. The van der Waals surface area contributed by atoms with Crippen molar-refractivity contribution >= 4 is 17.3 Å². The van der Waals surface area contributed by atoms with Crippen LogP contribution in [0.5, 0.6) is 0 Å². The fourth-order valence-electron chi connectivity index (χ4n) is 4.10. The minimum atomic E-state index is -2.70. The second-order valence-electron chi connectivity index (χ2n) is 7.61. The standard InChI is InChI=1S/C20H19F2N7O/c1-12-4-6-28(19(30)13-2-3-17-23-5-7-27(17)9-13)10-14(12)16-8-15(18(21)22)26-20-24-11-25-29(16)20/h2-3,5,7-9,11-12,14,18H,4,6,10H2,1H3/t12-,14-/m1/s1. The third-order valence-corrected chi connectivity index (χ3v) is 5.78. The van der Waals surface area contributed by atoms with Gasteiger partial charge in [0.25, 0.3) is 18.1 Å². The third kappa shape index (κ3) is 3.08. The summed E-state index contributed by atoms with van der Waals surface area (Å²) in [5.41, 5.74) is 1.60. The summed E-state index contributed by atoms with van der Waals surface area (Å²) in [4.78, 5) is 27.0. The molecule has 0 radical (unpaired) electrons. The van der Waals surface area contributed by atoms with E-state index in [4.69, 9.17) is 0 Å². The zero-order valence-corrected chi connectivity index (χ0v) is 16.2. The van der Waals surface area contributed by atoms with Crippen LogP contribution in [0.3, 0.4) is 0 Å². The minimum Gasteiger partial charge on any atom is -0.338 e. The topological polar surface area (TPSA) is 80.7 Å². The van der Waals surface area contributed by atoms with Gasteiger partial charge in [0, 0.05) is 37.6 Å². The smallest absolute Gasteiger partial charge is 0.280 e. The molecule has 30 heavy (non-hydrogen) atoms. The summed E-state index contributed by atoms with van der Waals surface area (Å²) in [6, 6.07) is 4.95. The number of hydrogen-bond acceptors (Lipinski definition) is 5. The van der Waals surface area contributed by atoms with Crippen molar-refractivity contribution in [2.45, 2.75) is 25.7 Å². The Hall–Kier alpha value is -3.43. The minimum absolute atomic E-state index is 0.0968. The number of carbonyl (C=O) groups is 1. The lowest BCUT2D eigenvalue weighted by atomic mass is 9.84. The largest absolute Gasteiger partial charge is 0.338 e. The molecule has 10 heteroatoms. The number of aromatic nitrogens is 6. The summed E-state index contributed by atoms with van der Waals surface area (Å²) in [6.45, 7) is 3.07. The molecule has 0 N–H and O–H groups in total. The Morgan fingerprint density at radius 3 is 2.97 bits per heavy atom. The number of halogens is 2. The van der Waals surface area contributed by atoms with Gasteiger partial charge in [0.15, 0.2) is 0 Å². The van der Waals surface area contributed by atoms with E-state index in [0.29, 0.717) is 24.3 Å². The molecule has 1 aliphatic rings. The first-order chi connectivity index (χ1) is 14.5. The predicted molar refractivity (Wildman–Crippen MR) is 103 cm³/mol. The molecule has 1 saturated heterocycles. The first-order valence-corrected chi connectivity index (χ1v) is 9.72. The number of rotatable bonds is 3. The lowest BCUT2D eigenvalue weighted by molar-refractivity contribution is 0.0665. The first kappa shape index (κ1) is 18.6. The molecule has 0 spiro atoms. The number of hydrogen-bond donors (Lipinski definition) is 0. The summed E-state index contributed by atoms with van der Waals surface area (Å²) >= 11 is 0. The van der Waals surface area contributed by atoms with Crippen LogP contribution in [0.25, 0.3) is 11.4 Å². The van der Waals surface area contributed by atoms with Gasteiger partial charge < -0.3 is 9.30 Å². The molecule has 5 rings (SSSR count). The third-order valence-electron chi connectivity index (χ3n) is 5.78. The Kier molecular flexibility index (Phi) is 4.41. The zero-order valence-electron chi connectivity index (χ0n) is 16.2. The van der Waals surface area contributed by atoms with Gasteiger partial charge in [0.2, 0.25) is 0 Å². The lowest BCUT2D eigenvalue weighted by Crippen LogP contribution is -2.42. The molecule has 1 aliphatic heterocycles. The molecule has 4 aromatic rings. The summed E-state index contributed by atoms with van der Waals surface area (Å²) in [6.07, 6.45) is 4.58. The summed E-state index contributed by atoms with van der Waals surface area (Å²) in [5, 5.41) is 4.17. The van der Waals surface area contributed by atoms with Gasteiger partial charge in [-0.2, -0.15) is 10.1 Å². The Morgan fingerprint density at radius 1 is 1.27 bits per heavy atom. The Bertz CT molecular complexity index is 1230. The second kappa shape index (κ2) is 7.12. The SMILES string of the molecule is C[C@@H]1CCN(C(=O)c2ccc3nccn3c2)C[C@H]1c1cc(C(F)F)nc2ncnn12. The van der Waals surface area contributed by atoms with Crippen LogP contribution in [0, 0.1) is 5.92 Å². The van der Waals surface area contributed by atoms with E-state index in [0.717, 1.165) is 12.1 Å². The van der Waals surface area contributed by atoms with Crippen LogP contribution < -0.4 is 0 Å². The second-order valence-corrected chi connectivity index (χ2v) is 7.61. The predicted octanol–water partition coefficient (Wildman–Crippen LogP) is 2.98. The van der Waals surface area contributed by atoms with Gasteiger partial charge in [-0.05, 0) is 30.5 Å². The molecule has 2 atom stereocenters. The van der Waals surface area contributed by atoms with Crippen molar-refractivity contribution in [1.29, 1.82) is 0 Å². The van der Waals surface area contributed by atoms with Gasteiger partial charge in [0.05, 0.1) is 11.3 Å². The molecule has 0 unspecified atom stereocenters. The Labute approximate surface area is 170 Å². The Morgan fingerprint density at radius 2 is 2.13 bits per heavy atom. The normalized spacial score (nSPS) is 19.8. The Balaban J connectivity index is 1.48. The highest BCUT2D eigenvalue weighted by molar-refractivity contribution is 5.94. The summed E-state index contributed by atoms with van der Waals surface area (Å²) < 4.78 is 30.1. The monoisotopic (exact) mass is 411 g/mol. The average Bonchev–Trinajstić information content (AvgIpc) is 3.41. The van der Waals surface area contributed by atoms with Crippen molar-refractivity contribution in [2.24, 2.45) is 5.92 Å². The number of fused-ring (bicyclic) bond motifs is 2. The van der Waals surface area contributed by atoms with E-state index in [9.17, 15) is 13.6 Å². The van der Waals surface area contributed by atoms with Crippen LogP contribution in [0.4, 0.5) is 8.78 Å². The van der Waals surface area contributed by atoms with Crippen LogP contribution in [0.2, 0.25) is 0 Å². The number of likely N-dealkylation sites (tertiary alicyclic amines) is 1. The van der Waals surface area contributed by atoms with Crippen molar-refractivity contribution in [3.8, 4) is 0 Å². The molecule has 0 bridgehead atoms. The van der Waals surface area contributed by atoms with Crippen molar-refractivity contribution in [3.05, 3.63) is 60.1 Å². The highest BCUT2D eigenvalue weighted by Gasteiger charge is 2.33. The lowest BCUT2D eigenvalue weighted by Gasteiger charge is -2.37. The molecule has 4 aromatic heterocycles. The van der Waals surface area contributed by atoms with Gasteiger partial charge in [-0.3, -0.25) is 4.79 Å². The number of piperidine rings is 1. The molecule has 0 aromatic carbocycles. The van der Waals surface area contributed by atoms with E-state index >= 15 is 0 Å². The fraction of sp³-hybridized carbons (Fsp3) is 0.350. The van der Waals surface area contributed by atoms with Crippen molar-refractivity contribution in [1.82, 2.24) is 33.9 Å². The number of pyridine rings is 1. The molecule has 154 valence electrons. The zero-order chi connectivity index (χ0) is 20.8. The van der Waals surface area contributed by atoms with Gasteiger partial charge in [-0.25, -0.2) is 23.3 Å². The van der Waals surface area contributed by atoms with E-state index in [1.807, 2.05) is 0 Å². The highest BCUT2D eigenvalue weighted by atomic mass is 19.3. The van der Waals surface area contributed by atoms with Crippen molar-refractivity contribution < 1.29 is 13.6 Å². The van der Waals surface area contributed by atoms with Gasteiger partial charge >= 0.3 is 0 Å². The molecular weight excluding hydrogens is 392 g/mol. The summed E-state index contributed by atoms with van der Waals surface area (Å²) in [5.74, 6) is 0.0689. The maximum atomic E-state index is 13.4. The fourth-order valence-corrected chi connectivity index (χ4v) is 4.10. The van der Waals surface area contributed by atoms with Crippen LogP contribution in [0.1, 0.15) is 47.4 Å². The molecule has 5 heterocycles. The van der Waals surface area contributed by atoms with Crippen LogP contribution in [-0.4, -0.2) is 52.9 Å². The first-order valence-electron chi connectivity index (χ1n) is 9.72. The maximum Gasteiger partial charge on any atom is 0.280 e. The number of carbonyl (C=O) groups excluding carboxylic acids is 1. The summed E-state index contributed by atoms with van der Waals surface area (Å²) in [7, 11) is 0. The van der Waals surface area contributed by atoms with Crippen molar-refractivity contribution in [3.63, 3.8) is 0 Å². The highest BCUT2D eigenvalue weighted by Crippen LogP contribution is 2.34. The molecule has 0 saturated carbocycles. The molecular formula is C20H19F2N7O. The molecule has 0 aliphatic carbocycles. The number of alkyl halides is 2. The van der Waals surface area contributed by atoms with E-state index in [1.165, 1.54) is 16.9 Å². The van der Waals surface area contributed by atoms with E-state index in [2.05, 4.69) is 27.0 Å². The van der Waals surface area contributed by atoms with Crippen LogP contribution in [-0.2, 0) is 0 Å². The van der Waals surface area contributed by atoms with Gasteiger partial charge in [0.1, 0.15) is 17.7 Å². The average molecular weight is 411 g/mol. The molecule has 1 fully saturated rings. The van der Waals surface area contributed by atoms with E-state index < -0.39 is 6.43 Å². The number of imidazole rings is 1. The molecule has 8 nitrogen and oxygen atoms in total. The molecule has 1 amide bonds. The van der Waals surface area contributed by atoms with E-state index in [-0.39, 0.29) is 29.2 Å².